The van der Waals surface area contributed by atoms with Crippen molar-refractivity contribution >= 4 is 11.9 Å². The highest BCUT2D eigenvalue weighted by molar-refractivity contribution is 5.76. The average Bonchev–Trinajstić information content (AvgIpc) is 2.89. The lowest BCUT2D eigenvalue weighted by molar-refractivity contribution is -0.136. The van der Waals surface area contributed by atoms with E-state index < -0.39 is 35.0 Å². The highest BCUT2D eigenvalue weighted by Gasteiger charge is 2.30. The zero-order chi connectivity index (χ0) is 28.8. The van der Waals surface area contributed by atoms with Crippen LogP contribution < -0.4 is 4.74 Å². The minimum atomic E-state index is -1.79. The first-order valence-corrected chi connectivity index (χ1v) is 13.1. The summed E-state index contributed by atoms with van der Waals surface area (Å²) in [7, 11) is 0. The Morgan fingerprint density at radius 3 is 1.67 bits per heavy atom. The minimum Gasteiger partial charge on any atom is -0.420 e. The number of benzene rings is 1. The molecule has 0 spiro atoms. The highest BCUT2D eigenvalue weighted by Crippen LogP contribution is 2.34. The van der Waals surface area contributed by atoms with Gasteiger partial charge in [-0.2, -0.15) is 8.78 Å². The summed E-state index contributed by atoms with van der Waals surface area (Å²) in [5.74, 6) is -8.68. The number of hydrogen-bond donors (Lipinski definition) is 0. The topological polar surface area (TPSA) is 83.5 Å². The monoisotopic (exact) mass is 565 g/mol. The molecule has 0 bridgehead atoms. The fraction of sp³-hybridized carbons (Fsp3) is 0.704. The molecule has 12 heteroatoms. The normalized spacial score (nSPS) is 14.6. The number of hydrogen-bond acceptors (Lipinski definition) is 7. The molecule has 39 heavy (non-hydrogen) atoms. The molecule has 1 heterocycles. The minimum absolute atomic E-state index is 0.0204. The molecule has 1 aromatic rings. The maximum atomic E-state index is 13.5. The number of rotatable bonds is 16. The molecule has 0 N–H and O–H groups in total. The second-order valence-electron chi connectivity index (χ2n) is 10.2. The van der Waals surface area contributed by atoms with Gasteiger partial charge in [-0.25, -0.2) is 8.78 Å². The molecule has 0 saturated carbocycles. The molecule has 0 aliphatic carbocycles. The standard InChI is InChI=1S/C27H39F4NO7/c1-27(2,3)19-4-8-32(9-5-19)22(33)6-10-35-12-14-37-16-17-38-15-13-36-11-7-23(34)39-26-24(30)20(28)18-21(29)25(26)31/h18-19H,4-17H2,1-3H3. The van der Waals surface area contributed by atoms with Crippen LogP contribution in [-0.4, -0.2) is 82.7 Å². The fourth-order valence-electron chi connectivity index (χ4n) is 4.04. The van der Waals surface area contributed by atoms with Crippen molar-refractivity contribution in [1.29, 1.82) is 0 Å². The summed E-state index contributed by atoms with van der Waals surface area (Å²) in [6.45, 7) is 10.3. The molecule has 1 aliphatic rings. The van der Waals surface area contributed by atoms with E-state index in [1.54, 1.807) is 0 Å². The third kappa shape index (κ3) is 11.8. The number of nitrogens with zero attached hydrogens (tertiary/aromatic N) is 1. The Balaban J connectivity index is 1.39. The number of carbonyl (C=O) groups is 2. The molecule has 222 valence electrons. The number of likely N-dealkylation sites (tertiary alicyclic amines) is 1. The van der Waals surface area contributed by atoms with Gasteiger partial charge in [0.2, 0.25) is 23.3 Å². The predicted molar refractivity (Wildman–Crippen MR) is 133 cm³/mol. The van der Waals surface area contributed by atoms with E-state index in [9.17, 15) is 27.2 Å². The van der Waals surface area contributed by atoms with Crippen LogP contribution in [-0.2, 0) is 28.5 Å². The Morgan fingerprint density at radius 2 is 1.21 bits per heavy atom. The Hall–Kier alpha value is -2.28. The number of esters is 1. The fourth-order valence-corrected chi connectivity index (χ4v) is 4.04. The van der Waals surface area contributed by atoms with Crippen LogP contribution >= 0.6 is 0 Å². The van der Waals surface area contributed by atoms with Crippen molar-refractivity contribution in [3.8, 4) is 5.75 Å². The summed E-state index contributed by atoms with van der Waals surface area (Å²) >= 11 is 0. The van der Waals surface area contributed by atoms with E-state index in [1.165, 1.54) is 0 Å². The van der Waals surface area contributed by atoms with Crippen molar-refractivity contribution in [2.24, 2.45) is 11.3 Å². The molecular formula is C27H39F4NO7. The van der Waals surface area contributed by atoms with Gasteiger partial charge in [-0.1, -0.05) is 20.8 Å². The van der Waals surface area contributed by atoms with Crippen LogP contribution in [0, 0.1) is 34.6 Å². The number of ether oxygens (including phenoxy) is 5. The van der Waals surface area contributed by atoms with Gasteiger partial charge in [0, 0.05) is 19.2 Å². The molecule has 0 radical (unpaired) electrons. The summed E-state index contributed by atoms with van der Waals surface area (Å²) in [5, 5.41) is 0. The lowest BCUT2D eigenvalue weighted by Crippen LogP contribution is -2.41. The lowest BCUT2D eigenvalue weighted by Gasteiger charge is -2.38. The largest absolute Gasteiger partial charge is 0.420 e. The SMILES string of the molecule is CC(C)(C)C1CCN(C(=O)CCOCCOCCOCCOCCC(=O)Oc2c(F)c(F)cc(F)c2F)CC1. The van der Waals surface area contributed by atoms with Crippen LogP contribution in [0.3, 0.4) is 0 Å². The average molecular weight is 566 g/mol. The van der Waals surface area contributed by atoms with Crippen molar-refractivity contribution in [2.45, 2.75) is 46.5 Å². The third-order valence-corrected chi connectivity index (χ3v) is 6.39. The van der Waals surface area contributed by atoms with Crippen LogP contribution in [0.25, 0.3) is 0 Å². The van der Waals surface area contributed by atoms with Crippen LogP contribution in [0.2, 0.25) is 0 Å². The van der Waals surface area contributed by atoms with Crippen molar-refractivity contribution in [3.63, 3.8) is 0 Å². The van der Waals surface area contributed by atoms with Gasteiger partial charge in [0.1, 0.15) is 0 Å². The molecule has 8 nitrogen and oxygen atoms in total. The van der Waals surface area contributed by atoms with Crippen molar-refractivity contribution in [1.82, 2.24) is 4.90 Å². The molecule has 2 rings (SSSR count). The second kappa shape index (κ2) is 16.7. The molecule has 0 atom stereocenters. The third-order valence-electron chi connectivity index (χ3n) is 6.39. The zero-order valence-electron chi connectivity index (χ0n) is 22.9. The van der Waals surface area contributed by atoms with Gasteiger partial charge < -0.3 is 28.6 Å². The number of amides is 1. The molecule has 1 fully saturated rings. The predicted octanol–water partition coefficient (Wildman–Crippen LogP) is 4.28. The molecular weight excluding hydrogens is 526 g/mol. The second-order valence-corrected chi connectivity index (χ2v) is 10.2. The van der Waals surface area contributed by atoms with Gasteiger partial charge in [-0.15, -0.1) is 0 Å². The van der Waals surface area contributed by atoms with E-state index >= 15 is 0 Å². The van der Waals surface area contributed by atoms with Crippen molar-refractivity contribution < 1.29 is 50.8 Å². The van der Waals surface area contributed by atoms with E-state index in [4.69, 9.17) is 18.9 Å². The van der Waals surface area contributed by atoms with Gasteiger partial charge in [-0.3, -0.25) is 9.59 Å². The van der Waals surface area contributed by atoms with Crippen LogP contribution in [0.5, 0.6) is 5.75 Å². The molecule has 0 unspecified atom stereocenters. The Labute approximate surface area is 226 Å². The number of piperidine rings is 1. The van der Waals surface area contributed by atoms with E-state index in [1.807, 2.05) is 4.90 Å². The van der Waals surface area contributed by atoms with E-state index in [0.29, 0.717) is 45.4 Å². The summed E-state index contributed by atoms with van der Waals surface area (Å²) in [6.07, 6.45) is 2.05. The number of carbonyl (C=O) groups excluding carboxylic acids is 2. The van der Waals surface area contributed by atoms with Gasteiger partial charge >= 0.3 is 5.97 Å². The first kappa shape index (κ1) is 32.9. The van der Waals surface area contributed by atoms with Crippen LogP contribution in [0.1, 0.15) is 46.5 Å². The van der Waals surface area contributed by atoms with E-state index in [2.05, 4.69) is 25.5 Å². The first-order chi connectivity index (χ1) is 18.5. The highest BCUT2D eigenvalue weighted by atomic mass is 19.2. The maximum absolute atomic E-state index is 13.5. The van der Waals surface area contributed by atoms with Gasteiger partial charge in [-0.05, 0) is 24.2 Å². The Kier molecular flexibility index (Phi) is 14.1. The summed E-state index contributed by atoms with van der Waals surface area (Å²) in [6, 6.07) is 0.0204. The first-order valence-electron chi connectivity index (χ1n) is 13.1. The van der Waals surface area contributed by atoms with Gasteiger partial charge in [0.25, 0.3) is 0 Å². The maximum Gasteiger partial charge on any atom is 0.313 e. The number of halogens is 4. The van der Waals surface area contributed by atoms with Gasteiger partial charge in [0.15, 0.2) is 11.6 Å². The van der Waals surface area contributed by atoms with E-state index in [0.717, 1.165) is 25.9 Å². The Bertz CT molecular complexity index is 892. The summed E-state index contributed by atoms with van der Waals surface area (Å²) in [4.78, 5) is 25.9. The summed E-state index contributed by atoms with van der Waals surface area (Å²) in [5.41, 5.74) is 0.277. The molecule has 1 aliphatic heterocycles. The molecule has 1 aromatic carbocycles. The quantitative estimate of drug-likeness (QED) is 0.0973. The van der Waals surface area contributed by atoms with Crippen LogP contribution in [0.15, 0.2) is 6.07 Å². The van der Waals surface area contributed by atoms with E-state index in [-0.39, 0.29) is 43.6 Å². The van der Waals surface area contributed by atoms with Crippen molar-refractivity contribution in [3.05, 3.63) is 29.3 Å². The molecule has 1 amide bonds. The molecule has 0 aromatic heterocycles. The zero-order valence-corrected chi connectivity index (χ0v) is 22.9. The lowest BCUT2D eigenvalue weighted by atomic mass is 9.75. The smallest absolute Gasteiger partial charge is 0.313 e. The molecule has 1 saturated heterocycles. The summed E-state index contributed by atoms with van der Waals surface area (Å²) < 4.78 is 78.9. The van der Waals surface area contributed by atoms with Crippen molar-refractivity contribution in [2.75, 3.05) is 65.9 Å². The van der Waals surface area contributed by atoms with Gasteiger partial charge in [0.05, 0.1) is 65.7 Å². The Morgan fingerprint density at radius 1 is 0.769 bits per heavy atom. The van der Waals surface area contributed by atoms with Crippen LogP contribution in [0.4, 0.5) is 17.6 Å².